The van der Waals surface area contributed by atoms with Crippen LogP contribution in [-0.2, 0) is 11.3 Å². The maximum Gasteiger partial charge on any atom is 0.134 e. The summed E-state index contributed by atoms with van der Waals surface area (Å²) in [6, 6.07) is 1.97. The summed E-state index contributed by atoms with van der Waals surface area (Å²) in [5.74, 6) is 0.922. The minimum absolute atomic E-state index is 0.164. The normalized spacial score (nSPS) is 11.0. The number of methoxy groups -OCH3 is 2. The molecule has 0 aliphatic rings. The molecule has 1 aromatic rings. The van der Waals surface area contributed by atoms with Crippen molar-refractivity contribution in [3.8, 4) is 5.75 Å². The fourth-order valence-corrected chi connectivity index (χ4v) is 2.34. The molecule has 0 spiro atoms. The summed E-state index contributed by atoms with van der Waals surface area (Å²) in [4.78, 5) is 3.34. The predicted molar refractivity (Wildman–Crippen MR) is 65.1 cm³/mol. The van der Waals surface area contributed by atoms with Crippen molar-refractivity contribution in [2.75, 3.05) is 40.5 Å². The van der Waals surface area contributed by atoms with Gasteiger partial charge in [0.1, 0.15) is 5.75 Å². The highest BCUT2D eigenvalue weighted by Crippen LogP contribution is 2.25. The summed E-state index contributed by atoms with van der Waals surface area (Å²) in [7, 11) is 3.36. The topological polar surface area (TPSA) is 41.9 Å². The SMILES string of the molecule is COCCN(CCO)Cc1sccc1OC. The predicted octanol–water partition coefficient (Wildman–Crippen LogP) is 1.20. The molecule has 0 amide bonds. The second-order valence-corrected chi connectivity index (χ2v) is 4.41. The van der Waals surface area contributed by atoms with E-state index in [0.29, 0.717) is 13.2 Å². The molecule has 0 saturated carbocycles. The zero-order valence-corrected chi connectivity index (χ0v) is 10.6. The smallest absolute Gasteiger partial charge is 0.134 e. The van der Waals surface area contributed by atoms with Gasteiger partial charge in [-0.25, -0.2) is 0 Å². The number of ether oxygens (including phenoxy) is 2. The number of rotatable bonds is 8. The molecule has 92 valence electrons. The van der Waals surface area contributed by atoms with Crippen molar-refractivity contribution < 1.29 is 14.6 Å². The van der Waals surface area contributed by atoms with Gasteiger partial charge in [-0.3, -0.25) is 4.90 Å². The Morgan fingerprint density at radius 1 is 1.38 bits per heavy atom. The van der Waals surface area contributed by atoms with Crippen LogP contribution in [0.15, 0.2) is 11.4 Å². The van der Waals surface area contributed by atoms with Crippen LogP contribution < -0.4 is 4.74 Å². The standard InChI is InChI=1S/C11H19NO3S/c1-14-7-5-12(4-6-13)9-11-10(15-2)3-8-16-11/h3,8,13H,4-7,9H2,1-2H3. The van der Waals surface area contributed by atoms with Crippen LogP contribution in [-0.4, -0.2) is 50.5 Å². The Balaban J connectivity index is 2.52. The number of aliphatic hydroxyl groups excluding tert-OH is 1. The van der Waals surface area contributed by atoms with Crippen molar-refractivity contribution in [3.05, 3.63) is 16.3 Å². The maximum atomic E-state index is 8.98. The third-order valence-corrected chi connectivity index (χ3v) is 3.21. The fourth-order valence-electron chi connectivity index (χ4n) is 1.46. The van der Waals surface area contributed by atoms with Crippen molar-refractivity contribution in [2.45, 2.75) is 6.54 Å². The van der Waals surface area contributed by atoms with Crippen LogP contribution in [0.5, 0.6) is 5.75 Å². The first-order valence-corrected chi connectivity index (χ1v) is 6.12. The van der Waals surface area contributed by atoms with Crippen LogP contribution in [0.3, 0.4) is 0 Å². The van der Waals surface area contributed by atoms with E-state index < -0.39 is 0 Å². The van der Waals surface area contributed by atoms with Gasteiger partial charge in [-0.2, -0.15) is 0 Å². The van der Waals surface area contributed by atoms with E-state index in [9.17, 15) is 0 Å². The zero-order valence-electron chi connectivity index (χ0n) is 9.81. The molecule has 0 saturated heterocycles. The zero-order chi connectivity index (χ0) is 11.8. The molecule has 0 unspecified atom stereocenters. The average molecular weight is 245 g/mol. The summed E-state index contributed by atoms with van der Waals surface area (Å²) in [5.41, 5.74) is 0. The molecule has 1 rings (SSSR count). The van der Waals surface area contributed by atoms with Gasteiger partial charge in [-0.1, -0.05) is 0 Å². The van der Waals surface area contributed by atoms with Crippen LogP contribution in [0.25, 0.3) is 0 Å². The fraction of sp³-hybridized carbons (Fsp3) is 0.636. The summed E-state index contributed by atoms with van der Waals surface area (Å²) in [5, 5.41) is 11.0. The number of nitrogens with zero attached hydrogens (tertiary/aromatic N) is 1. The first kappa shape index (κ1) is 13.4. The molecule has 0 aromatic carbocycles. The highest BCUT2D eigenvalue weighted by atomic mass is 32.1. The lowest BCUT2D eigenvalue weighted by Crippen LogP contribution is -2.29. The molecule has 0 atom stereocenters. The van der Waals surface area contributed by atoms with E-state index in [-0.39, 0.29) is 6.61 Å². The Bertz CT molecular complexity index is 291. The van der Waals surface area contributed by atoms with E-state index in [4.69, 9.17) is 14.6 Å². The van der Waals surface area contributed by atoms with Crippen molar-refractivity contribution in [1.82, 2.24) is 4.90 Å². The Morgan fingerprint density at radius 3 is 2.81 bits per heavy atom. The van der Waals surface area contributed by atoms with Crippen molar-refractivity contribution in [3.63, 3.8) is 0 Å². The molecule has 16 heavy (non-hydrogen) atoms. The second-order valence-electron chi connectivity index (χ2n) is 3.40. The van der Waals surface area contributed by atoms with E-state index in [2.05, 4.69) is 4.90 Å². The Morgan fingerprint density at radius 2 is 2.19 bits per heavy atom. The second kappa shape index (κ2) is 7.62. The van der Waals surface area contributed by atoms with E-state index in [1.165, 1.54) is 4.88 Å². The summed E-state index contributed by atoms with van der Waals surface area (Å²) >= 11 is 1.67. The van der Waals surface area contributed by atoms with Crippen LogP contribution >= 0.6 is 11.3 Å². The van der Waals surface area contributed by atoms with Gasteiger partial charge < -0.3 is 14.6 Å². The molecular weight excluding hydrogens is 226 g/mol. The number of hydrogen-bond acceptors (Lipinski definition) is 5. The van der Waals surface area contributed by atoms with Gasteiger partial charge >= 0.3 is 0 Å². The molecule has 1 heterocycles. The summed E-state index contributed by atoms with van der Waals surface area (Å²) in [6.45, 7) is 3.11. The van der Waals surface area contributed by atoms with Crippen LogP contribution in [0.1, 0.15) is 4.88 Å². The molecule has 0 aliphatic heterocycles. The van der Waals surface area contributed by atoms with Gasteiger partial charge in [-0.15, -0.1) is 11.3 Å². The third-order valence-electron chi connectivity index (χ3n) is 2.32. The van der Waals surface area contributed by atoms with E-state index in [0.717, 1.165) is 18.8 Å². The monoisotopic (exact) mass is 245 g/mol. The molecule has 0 aliphatic carbocycles. The lowest BCUT2D eigenvalue weighted by atomic mass is 10.3. The third kappa shape index (κ3) is 4.09. The van der Waals surface area contributed by atoms with E-state index in [1.54, 1.807) is 25.6 Å². The maximum absolute atomic E-state index is 8.98. The minimum atomic E-state index is 0.164. The van der Waals surface area contributed by atoms with E-state index >= 15 is 0 Å². The summed E-state index contributed by atoms with van der Waals surface area (Å²) in [6.07, 6.45) is 0. The van der Waals surface area contributed by atoms with Crippen LogP contribution in [0.4, 0.5) is 0 Å². The van der Waals surface area contributed by atoms with Crippen LogP contribution in [0, 0.1) is 0 Å². The van der Waals surface area contributed by atoms with Crippen LogP contribution in [0.2, 0.25) is 0 Å². The van der Waals surface area contributed by atoms with E-state index in [1.807, 2.05) is 11.4 Å². The van der Waals surface area contributed by atoms with Gasteiger partial charge in [-0.05, 0) is 11.4 Å². The molecule has 0 fully saturated rings. The van der Waals surface area contributed by atoms with Gasteiger partial charge in [0, 0.05) is 26.7 Å². The molecule has 1 aromatic heterocycles. The van der Waals surface area contributed by atoms with Gasteiger partial charge in [0.15, 0.2) is 0 Å². The molecule has 0 radical (unpaired) electrons. The molecule has 5 heteroatoms. The Hall–Kier alpha value is -0.620. The molecule has 0 bridgehead atoms. The molecule has 4 nitrogen and oxygen atoms in total. The highest BCUT2D eigenvalue weighted by molar-refractivity contribution is 7.10. The first-order valence-electron chi connectivity index (χ1n) is 5.24. The van der Waals surface area contributed by atoms with Gasteiger partial charge in [0.05, 0.1) is 25.2 Å². The molecular formula is C11H19NO3S. The Labute approximate surface area is 100 Å². The lowest BCUT2D eigenvalue weighted by molar-refractivity contribution is 0.127. The number of aliphatic hydroxyl groups is 1. The van der Waals surface area contributed by atoms with Crippen molar-refractivity contribution in [2.24, 2.45) is 0 Å². The quantitative estimate of drug-likeness (QED) is 0.747. The van der Waals surface area contributed by atoms with Crippen molar-refractivity contribution in [1.29, 1.82) is 0 Å². The van der Waals surface area contributed by atoms with Gasteiger partial charge in [0.25, 0.3) is 0 Å². The number of hydrogen-bond donors (Lipinski definition) is 1. The summed E-state index contributed by atoms with van der Waals surface area (Å²) < 4.78 is 10.3. The van der Waals surface area contributed by atoms with Crippen molar-refractivity contribution >= 4 is 11.3 Å². The molecule has 1 N–H and O–H groups in total. The number of thiophene rings is 1. The lowest BCUT2D eigenvalue weighted by Gasteiger charge is -2.20. The minimum Gasteiger partial charge on any atom is -0.496 e. The Kier molecular flexibility index (Phi) is 6.40. The average Bonchev–Trinajstić information content (AvgIpc) is 2.73. The first-order chi connectivity index (χ1) is 7.81. The van der Waals surface area contributed by atoms with Gasteiger partial charge in [0.2, 0.25) is 0 Å². The highest BCUT2D eigenvalue weighted by Gasteiger charge is 2.10. The largest absolute Gasteiger partial charge is 0.496 e.